The van der Waals surface area contributed by atoms with Crippen molar-refractivity contribution in [3.8, 4) is 0 Å². The van der Waals surface area contributed by atoms with Crippen molar-refractivity contribution in [1.29, 1.82) is 0 Å². The zero-order valence-corrected chi connectivity index (χ0v) is 11.0. The Morgan fingerprint density at radius 3 is 2.76 bits per heavy atom. The van der Waals surface area contributed by atoms with E-state index in [0.717, 1.165) is 10.3 Å². The maximum atomic E-state index is 11.9. The predicted octanol–water partition coefficient (Wildman–Crippen LogP) is 2.14. The number of anilines is 1. The van der Waals surface area contributed by atoms with E-state index in [1.54, 1.807) is 36.1 Å². The fraction of sp³-hybridized carbons (Fsp3) is 0.182. The van der Waals surface area contributed by atoms with E-state index in [1.165, 1.54) is 0 Å². The Morgan fingerprint density at radius 2 is 2.24 bits per heavy atom. The van der Waals surface area contributed by atoms with Crippen molar-refractivity contribution < 1.29 is 4.79 Å². The molecule has 6 heteroatoms. The number of aromatic nitrogens is 3. The molecule has 2 aromatic heterocycles. The summed E-state index contributed by atoms with van der Waals surface area (Å²) in [5, 5.41) is 6.88. The lowest BCUT2D eigenvalue weighted by Gasteiger charge is -2.04. The summed E-state index contributed by atoms with van der Waals surface area (Å²) >= 11 is 3.23. The number of nitrogens with zero attached hydrogens (tertiary/aromatic N) is 3. The van der Waals surface area contributed by atoms with Crippen molar-refractivity contribution in [2.75, 3.05) is 5.32 Å². The van der Waals surface area contributed by atoms with Crippen LogP contribution in [0.15, 0.2) is 29.0 Å². The number of carbonyl (C=O) groups excluding carboxylic acids is 1. The van der Waals surface area contributed by atoms with Crippen LogP contribution in [-0.2, 0) is 7.05 Å². The lowest BCUT2D eigenvalue weighted by molar-refractivity contribution is 0.101. The molecule has 0 atom stereocenters. The van der Waals surface area contributed by atoms with Gasteiger partial charge in [0.25, 0.3) is 5.91 Å². The van der Waals surface area contributed by atoms with Gasteiger partial charge < -0.3 is 5.32 Å². The number of carbonyl (C=O) groups is 1. The van der Waals surface area contributed by atoms with E-state index in [2.05, 4.69) is 31.3 Å². The molecule has 0 aliphatic rings. The van der Waals surface area contributed by atoms with Crippen LogP contribution in [0, 0.1) is 6.92 Å². The number of aryl methyl sites for hydroxylation is 2. The number of nitrogens with one attached hydrogen (secondary N) is 1. The third-order valence-electron chi connectivity index (χ3n) is 2.22. The van der Waals surface area contributed by atoms with Gasteiger partial charge in [0, 0.05) is 7.05 Å². The van der Waals surface area contributed by atoms with Crippen LogP contribution < -0.4 is 5.32 Å². The predicted molar refractivity (Wildman–Crippen MR) is 67.8 cm³/mol. The largest absolute Gasteiger partial charge is 0.319 e. The van der Waals surface area contributed by atoms with Crippen LogP contribution >= 0.6 is 15.9 Å². The zero-order chi connectivity index (χ0) is 12.4. The van der Waals surface area contributed by atoms with E-state index < -0.39 is 0 Å². The molecule has 5 nitrogen and oxygen atoms in total. The van der Waals surface area contributed by atoms with Gasteiger partial charge in [-0.1, -0.05) is 0 Å². The van der Waals surface area contributed by atoms with E-state index in [-0.39, 0.29) is 5.91 Å². The Balaban J connectivity index is 2.17. The highest BCUT2D eigenvalue weighted by Gasteiger charge is 2.11. The molecule has 2 aromatic rings. The molecular formula is C11H11BrN4O. The number of hydrogen-bond donors (Lipinski definition) is 1. The maximum absolute atomic E-state index is 11.9. The smallest absolute Gasteiger partial charge is 0.273 e. The van der Waals surface area contributed by atoms with Crippen LogP contribution in [0.3, 0.4) is 0 Å². The Morgan fingerprint density at radius 1 is 1.47 bits per heavy atom. The van der Waals surface area contributed by atoms with Gasteiger partial charge in [-0.25, -0.2) is 4.98 Å². The Bertz CT molecular complexity index is 547. The van der Waals surface area contributed by atoms with Crippen LogP contribution in [0.4, 0.5) is 5.69 Å². The van der Waals surface area contributed by atoms with E-state index in [0.29, 0.717) is 11.4 Å². The van der Waals surface area contributed by atoms with Crippen LogP contribution in [-0.4, -0.2) is 20.7 Å². The highest BCUT2D eigenvalue weighted by Crippen LogP contribution is 2.12. The fourth-order valence-electron chi connectivity index (χ4n) is 1.47. The average Bonchev–Trinajstić information content (AvgIpc) is 2.61. The molecule has 0 fully saturated rings. The summed E-state index contributed by atoms with van der Waals surface area (Å²) in [6.45, 7) is 1.85. The van der Waals surface area contributed by atoms with E-state index in [9.17, 15) is 4.79 Å². The van der Waals surface area contributed by atoms with Gasteiger partial charge in [-0.2, -0.15) is 5.10 Å². The van der Waals surface area contributed by atoms with Gasteiger partial charge in [0.15, 0.2) is 0 Å². The first-order valence-corrected chi connectivity index (χ1v) is 5.79. The number of pyridine rings is 1. The highest BCUT2D eigenvalue weighted by molar-refractivity contribution is 9.10. The molecule has 0 spiro atoms. The normalized spacial score (nSPS) is 10.3. The SMILES string of the molecule is Cc1cc(C(=O)Nc2ccc(Br)nc2)n(C)n1. The van der Waals surface area contributed by atoms with Gasteiger partial charge in [0.1, 0.15) is 10.3 Å². The minimum atomic E-state index is -0.197. The van der Waals surface area contributed by atoms with Gasteiger partial charge in [-0.3, -0.25) is 9.48 Å². The lowest BCUT2D eigenvalue weighted by Crippen LogP contribution is -2.16. The zero-order valence-electron chi connectivity index (χ0n) is 9.44. The lowest BCUT2D eigenvalue weighted by atomic mass is 10.3. The molecule has 88 valence electrons. The molecule has 0 unspecified atom stereocenters. The molecule has 0 radical (unpaired) electrons. The summed E-state index contributed by atoms with van der Waals surface area (Å²) in [6, 6.07) is 5.28. The van der Waals surface area contributed by atoms with Gasteiger partial charge in [0.2, 0.25) is 0 Å². The molecule has 2 rings (SSSR count). The second-order valence-corrected chi connectivity index (χ2v) is 4.43. The first-order chi connectivity index (χ1) is 8.06. The second-order valence-electron chi connectivity index (χ2n) is 3.62. The summed E-state index contributed by atoms with van der Waals surface area (Å²) < 4.78 is 2.28. The van der Waals surface area contributed by atoms with Gasteiger partial charge in [-0.15, -0.1) is 0 Å². The molecule has 0 aromatic carbocycles. The molecule has 2 heterocycles. The summed E-state index contributed by atoms with van der Waals surface area (Å²) in [7, 11) is 1.74. The van der Waals surface area contributed by atoms with Gasteiger partial charge in [0.05, 0.1) is 17.6 Å². The third-order valence-corrected chi connectivity index (χ3v) is 2.69. The van der Waals surface area contributed by atoms with Crippen molar-refractivity contribution in [2.24, 2.45) is 7.05 Å². The quantitative estimate of drug-likeness (QED) is 0.863. The first kappa shape index (κ1) is 11.8. The van der Waals surface area contributed by atoms with Crippen LogP contribution in [0.25, 0.3) is 0 Å². The standard InChI is InChI=1S/C11H11BrN4O/c1-7-5-9(16(2)15-7)11(17)14-8-3-4-10(12)13-6-8/h3-6H,1-2H3,(H,14,17). The molecule has 0 saturated carbocycles. The van der Waals surface area contributed by atoms with Crippen molar-refractivity contribution in [1.82, 2.24) is 14.8 Å². The molecule has 0 saturated heterocycles. The van der Waals surface area contributed by atoms with Crippen molar-refractivity contribution in [3.05, 3.63) is 40.4 Å². The monoisotopic (exact) mass is 294 g/mol. The Kier molecular flexibility index (Phi) is 3.23. The maximum Gasteiger partial charge on any atom is 0.273 e. The van der Waals surface area contributed by atoms with Crippen molar-refractivity contribution in [3.63, 3.8) is 0 Å². The minimum absolute atomic E-state index is 0.197. The van der Waals surface area contributed by atoms with Crippen LogP contribution in [0.5, 0.6) is 0 Å². The summed E-state index contributed by atoms with van der Waals surface area (Å²) in [5.74, 6) is -0.197. The number of amides is 1. The van der Waals surface area contributed by atoms with Crippen LogP contribution in [0.2, 0.25) is 0 Å². The summed E-state index contributed by atoms with van der Waals surface area (Å²) in [4.78, 5) is 16.0. The molecule has 0 aliphatic carbocycles. The van der Waals surface area contributed by atoms with E-state index >= 15 is 0 Å². The minimum Gasteiger partial charge on any atom is -0.319 e. The number of halogens is 1. The Labute approximate surface area is 107 Å². The van der Waals surface area contributed by atoms with E-state index in [1.807, 2.05) is 6.92 Å². The Hall–Kier alpha value is -1.69. The number of hydrogen-bond acceptors (Lipinski definition) is 3. The van der Waals surface area contributed by atoms with Crippen LogP contribution in [0.1, 0.15) is 16.2 Å². The third kappa shape index (κ3) is 2.71. The average molecular weight is 295 g/mol. The molecule has 1 amide bonds. The molecule has 1 N–H and O–H groups in total. The highest BCUT2D eigenvalue weighted by atomic mass is 79.9. The summed E-state index contributed by atoms with van der Waals surface area (Å²) in [6.07, 6.45) is 1.59. The van der Waals surface area contributed by atoms with Gasteiger partial charge >= 0.3 is 0 Å². The molecule has 17 heavy (non-hydrogen) atoms. The first-order valence-electron chi connectivity index (χ1n) is 5.00. The topological polar surface area (TPSA) is 59.8 Å². The van der Waals surface area contributed by atoms with E-state index in [4.69, 9.17) is 0 Å². The van der Waals surface area contributed by atoms with Gasteiger partial charge in [-0.05, 0) is 41.1 Å². The summed E-state index contributed by atoms with van der Waals surface area (Å²) in [5.41, 5.74) is 1.98. The number of rotatable bonds is 2. The van der Waals surface area contributed by atoms with Crippen molar-refractivity contribution >= 4 is 27.5 Å². The molecular weight excluding hydrogens is 284 g/mol. The molecule has 0 aliphatic heterocycles. The fourth-order valence-corrected chi connectivity index (χ4v) is 1.70. The second kappa shape index (κ2) is 4.67. The molecule has 0 bridgehead atoms. The van der Waals surface area contributed by atoms with Crippen molar-refractivity contribution in [2.45, 2.75) is 6.92 Å².